The summed E-state index contributed by atoms with van der Waals surface area (Å²) in [5, 5.41) is 5.53. The van der Waals surface area contributed by atoms with Crippen LogP contribution in [0.15, 0.2) is 18.2 Å². The first-order valence-electron chi connectivity index (χ1n) is 5.60. The van der Waals surface area contributed by atoms with Crippen molar-refractivity contribution in [2.75, 3.05) is 17.2 Å². The van der Waals surface area contributed by atoms with Crippen LogP contribution < -0.4 is 15.4 Å². The molecule has 2 aliphatic rings. The van der Waals surface area contributed by atoms with Gasteiger partial charge in [0, 0.05) is 5.92 Å². The van der Waals surface area contributed by atoms with E-state index >= 15 is 0 Å². The van der Waals surface area contributed by atoms with E-state index in [1.807, 2.05) is 0 Å². The maximum atomic E-state index is 11.7. The van der Waals surface area contributed by atoms with Crippen LogP contribution in [-0.2, 0) is 9.59 Å². The Balaban J connectivity index is 1.86. The van der Waals surface area contributed by atoms with E-state index in [-0.39, 0.29) is 24.3 Å². The number of nitrogens with one attached hydrogen (secondary N) is 2. The standard InChI is InChI=1S/C12H12N2O3/c15-10-6-17-11-8(13-10)2-1-3-9(11)14-12(16)7-4-5-7/h1-3,7H,4-6H2,(H,13,15)(H,14,16). The minimum absolute atomic E-state index is 0.0106. The normalized spacial score (nSPS) is 17.8. The predicted octanol–water partition coefficient (Wildman–Crippen LogP) is 1.37. The molecule has 3 rings (SSSR count). The van der Waals surface area contributed by atoms with E-state index in [1.165, 1.54) is 0 Å². The van der Waals surface area contributed by atoms with Crippen LogP contribution in [0.5, 0.6) is 5.75 Å². The highest BCUT2D eigenvalue weighted by molar-refractivity contribution is 6.00. The van der Waals surface area contributed by atoms with Crippen molar-refractivity contribution in [1.82, 2.24) is 0 Å². The summed E-state index contributed by atoms with van der Waals surface area (Å²) in [6, 6.07) is 5.30. The van der Waals surface area contributed by atoms with Gasteiger partial charge in [0.05, 0.1) is 11.4 Å². The van der Waals surface area contributed by atoms with Crippen LogP contribution in [0, 0.1) is 5.92 Å². The van der Waals surface area contributed by atoms with Gasteiger partial charge in [0.25, 0.3) is 5.91 Å². The lowest BCUT2D eigenvalue weighted by molar-refractivity contribution is -0.118. The van der Waals surface area contributed by atoms with Crippen molar-refractivity contribution < 1.29 is 14.3 Å². The second-order valence-electron chi connectivity index (χ2n) is 4.28. The van der Waals surface area contributed by atoms with Crippen LogP contribution in [0.4, 0.5) is 11.4 Å². The van der Waals surface area contributed by atoms with Crippen LogP contribution in [-0.4, -0.2) is 18.4 Å². The van der Waals surface area contributed by atoms with Crippen LogP contribution >= 0.6 is 0 Å². The number of hydrogen-bond acceptors (Lipinski definition) is 3. The molecule has 0 spiro atoms. The zero-order chi connectivity index (χ0) is 11.8. The van der Waals surface area contributed by atoms with Crippen LogP contribution in [0.25, 0.3) is 0 Å². The number of para-hydroxylation sites is 1. The number of carbonyl (C=O) groups is 2. The van der Waals surface area contributed by atoms with Crippen molar-refractivity contribution in [3.8, 4) is 5.75 Å². The van der Waals surface area contributed by atoms with Gasteiger partial charge in [-0.1, -0.05) is 6.07 Å². The molecule has 0 saturated heterocycles. The Labute approximate surface area is 98.1 Å². The molecule has 2 N–H and O–H groups in total. The number of carbonyl (C=O) groups excluding carboxylic acids is 2. The largest absolute Gasteiger partial charge is 0.479 e. The number of benzene rings is 1. The monoisotopic (exact) mass is 232 g/mol. The third kappa shape index (κ3) is 1.95. The second kappa shape index (κ2) is 3.76. The first-order valence-corrected chi connectivity index (χ1v) is 5.60. The number of rotatable bonds is 2. The molecule has 5 heteroatoms. The molecule has 17 heavy (non-hydrogen) atoms. The van der Waals surface area contributed by atoms with Gasteiger partial charge >= 0.3 is 0 Å². The van der Waals surface area contributed by atoms with Crippen molar-refractivity contribution in [1.29, 1.82) is 0 Å². The van der Waals surface area contributed by atoms with Crippen LogP contribution in [0.2, 0.25) is 0 Å². The summed E-state index contributed by atoms with van der Waals surface area (Å²) >= 11 is 0. The highest BCUT2D eigenvalue weighted by Crippen LogP contribution is 2.37. The molecule has 1 aliphatic heterocycles. The lowest BCUT2D eigenvalue weighted by Gasteiger charge is -2.20. The lowest BCUT2D eigenvalue weighted by atomic mass is 10.2. The smallest absolute Gasteiger partial charge is 0.262 e. The zero-order valence-corrected chi connectivity index (χ0v) is 9.16. The van der Waals surface area contributed by atoms with E-state index < -0.39 is 0 Å². The second-order valence-corrected chi connectivity index (χ2v) is 4.28. The molecule has 0 atom stereocenters. The van der Waals surface area contributed by atoms with Gasteiger partial charge in [0.1, 0.15) is 0 Å². The van der Waals surface area contributed by atoms with E-state index in [0.717, 1.165) is 12.8 Å². The van der Waals surface area contributed by atoms with Crippen molar-refractivity contribution in [2.24, 2.45) is 5.92 Å². The minimum Gasteiger partial charge on any atom is -0.479 e. The Bertz CT molecular complexity index is 495. The molecule has 88 valence electrons. The fourth-order valence-electron chi connectivity index (χ4n) is 1.79. The Hall–Kier alpha value is -2.04. The van der Waals surface area contributed by atoms with Gasteiger partial charge in [-0.25, -0.2) is 0 Å². The van der Waals surface area contributed by atoms with Gasteiger partial charge in [0.15, 0.2) is 12.4 Å². The SMILES string of the molecule is O=C1COc2c(cccc2NC(=O)C2CC2)N1. The molecule has 1 aliphatic carbocycles. The fourth-order valence-corrected chi connectivity index (χ4v) is 1.79. The molecule has 0 unspecified atom stereocenters. The molecule has 0 radical (unpaired) electrons. The summed E-state index contributed by atoms with van der Waals surface area (Å²) in [5.41, 5.74) is 1.23. The van der Waals surface area contributed by atoms with Crippen LogP contribution in [0.1, 0.15) is 12.8 Å². The lowest BCUT2D eigenvalue weighted by Crippen LogP contribution is -2.26. The van der Waals surface area contributed by atoms with Gasteiger partial charge in [-0.2, -0.15) is 0 Å². The summed E-state index contributed by atoms with van der Waals surface area (Å²) in [6.07, 6.45) is 1.91. The van der Waals surface area contributed by atoms with Crippen molar-refractivity contribution in [3.05, 3.63) is 18.2 Å². The van der Waals surface area contributed by atoms with Crippen LogP contribution in [0.3, 0.4) is 0 Å². The highest BCUT2D eigenvalue weighted by Gasteiger charge is 2.30. The molecule has 1 aromatic rings. The van der Waals surface area contributed by atoms with E-state index in [4.69, 9.17) is 4.74 Å². The van der Waals surface area contributed by atoms with Gasteiger partial charge < -0.3 is 15.4 Å². The maximum absolute atomic E-state index is 11.7. The quantitative estimate of drug-likeness (QED) is 0.809. The summed E-state index contributed by atoms with van der Waals surface area (Å²) < 4.78 is 5.34. The van der Waals surface area contributed by atoms with Crippen molar-refractivity contribution in [2.45, 2.75) is 12.8 Å². The third-order valence-corrected chi connectivity index (χ3v) is 2.84. The Kier molecular flexibility index (Phi) is 2.24. The highest BCUT2D eigenvalue weighted by atomic mass is 16.5. The Morgan fingerprint density at radius 3 is 3.00 bits per heavy atom. The van der Waals surface area contributed by atoms with Crippen molar-refractivity contribution >= 4 is 23.2 Å². The number of hydrogen-bond donors (Lipinski definition) is 2. The third-order valence-electron chi connectivity index (χ3n) is 2.84. The average Bonchev–Trinajstić information content (AvgIpc) is 3.12. The molecule has 1 fully saturated rings. The summed E-state index contributed by atoms with van der Waals surface area (Å²) in [6.45, 7) is -0.0106. The first kappa shape index (κ1) is 10.1. The topological polar surface area (TPSA) is 67.4 Å². The van der Waals surface area contributed by atoms with Crippen molar-refractivity contribution in [3.63, 3.8) is 0 Å². The molecule has 1 saturated carbocycles. The summed E-state index contributed by atoms with van der Waals surface area (Å²) in [5.74, 6) is 0.534. The molecule has 2 amide bonds. The van der Waals surface area contributed by atoms with Gasteiger partial charge in [-0.05, 0) is 25.0 Å². The first-order chi connectivity index (χ1) is 8.24. The van der Waals surface area contributed by atoms with E-state index in [0.29, 0.717) is 17.1 Å². The predicted molar refractivity (Wildman–Crippen MR) is 61.9 cm³/mol. The molecular formula is C12H12N2O3. The summed E-state index contributed by atoms with van der Waals surface area (Å²) in [7, 11) is 0. The molecule has 1 heterocycles. The summed E-state index contributed by atoms with van der Waals surface area (Å²) in [4.78, 5) is 22.8. The Morgan fingerprint density at radius 1 is 1.41 bits per heavy atom. The van der Waals surface area contributed by atoms with Gasteiger partial charge in [-0.3, -0.25) is 9.59 Å². The molecule has 5 nitrogen and oxygen atoms in total. The minimum atomic E-state index is -0.178. The average molecular weight is 232 g/mol. The van der Waals surface area contributed by atoms with E-state index in [9.17, 15) is 9.59 Å². The molecule has 1 aromatic carbocycles. The molecule has 0 bridgehead atoms. The maximum Gasteiger partial charge on any atom is 0.262 e. The number of amides is 2. The number of anilines is 2. The molecule has 0 aromatic heterocycles. The van der Waals surface area contributed by atoms with Gasteiger partial charge in [0.2, 0.25) is 5.91 Å². The number of fused-ring (bicyclic) bond motifs is 1. The fraction of sp³-hybridized carbons (Fsp3) is 0.333. The van der Waals surface area contributed by atoms with E-state index in [1.54, 1.807) is 18.2 Å². The van der Waals surface area contributed by atoms with Gasteiger partial charge in [-0.15, -0.1) is 0 Å². The van der Waals surface area contributed by atoms with E-state index in [2.05, 4.69) is 10.6 Å². The number of ether oxygens (including phenoxy) is 1. The molecular weight excluding hydrogens is 220 g/mol. The Morgan fingerprint density at radius 2 is 2.24 bits per heavy atom. The zero-order valence-electron chi connectivity index (χ0n) is 9.16.